The summed E-state index contributed by atoms with van der Waals surface area (Å²) in [5.74, 6) is 0.502. The van der Waals surface area contributed by atoms with Gasteiger partial charge in [0.1, 0.15) is 0 Å². The van der Waals surface area contributed by atoms with Gasteiger partial charge in [0.15, 0.2) is 5.84 Å². The van der Waals surface area contributed by atoms with E-state index in [0.29, 0.717) is 5.92 Å². The van der Waals surface area contributed by atoms with E-state index < -0.39 is 5.54 Å². The van der Waals surface area contributed by atoms with Gasteiger partial charge >= 0.3 is 0 Å². The Kier molecular flexibility index (Phi) is 3.78. The predicted octanol–water partition coefficient (Wildman–Crippen LogP) is 1.06. The summed E-state index contributed by atoms with van der Waals surface area (Å²) in [7, 11) is 0. The van der Waals surface area contributed by atoms with Crippen molar-refractivity contribution in [3.8, 4) is 0 Å². The molecule has 0 aliphatic heterocycles. The first kappa shape index (κ1) is 12.8. The average Bonchev–Trinajstić information content (AvgIpc) is 2.62. The highest BCUT2D eigenvalue weighted by Gasteiger charge is 2.34. The average molecular weight is 227 g/mol. The summed E-state index contributed by atoms with van der Waals surface area (Å²) in [6.45, 7) is 5.53. The zero-order chi connectivity index (χ0) is 12.3. The van der Waals surface area contributed by atoms with Gasteiger partial charge in [0, 0.05) is 5.92 Å². The van der Waals surface area contributed by atoms with Gasteiger partial charge in [-0.3, -0.25) is 4.79 Å². The number of nitrogens with one attached hydrogen (secondary N) is 1. The molecule has 0 aromatic carbocycles. The highest BCUT2D eigenvalue weighted by molar-refractivity contribution is 5.93. The number of rotatable bonds is 3. The molecule has 5 heteroatoms. The smallest absolute Gasteiger partial charge is 0.224 e. The fourth-order valence-corrected chi connectivity index (χ4v) is 2.12. The molecule has 92 valence electrons. The van der Waals surface area contributed by atoms with Gasteiger partial charge in [-0.25, -0.2) is 0 Å². The number of nitrogens with two attached hydrogens (primary N) is 1. The molecule has 5 nitrogen and oxygen atoms in total. The number of oxime groups is 1. The molecule has 0 saturated heterocycles. The van der Waals surface area contributed by atoms with Crippen LogP contribution in [0.25, 0.3) is 0 Å². The molecule has 0 aromatic heterocycles. The van der Waals surface area contributed by atoms with Gasteiger partial charge < -0.3 is 16.3 Å². The Bertz CT molecular complexity index is 300. The van der Waals surface area contributed by atoms with E-state index in [-0.39, 0.29) is 17.7 Å². The standard InChI is InChI=1S/C11H21N3O2/c1-7-5-4-6-8(7)9(15)13-11(2,3)10(12)14-16/h7-8,16H,4-6H2,1-3H3,(H2,12,14)(H,13,15). The summed E-state index contributed by atoms with van der Waals surface area (Å²) in [5, 5.41) is 14.4. The van der Waals surface area contributed by atoms with Gasteiger partial charge in [-0.15, -0.1) is 0 Å². The normalized spacial score (nSPS) is 26.8. The van der Waals surface area contributed by atoms with Crippen molar-refractivity contribution in [2.45, 2.75) is 45.6 Å². The van der Waals surface area contributed by atoms with Gasteiger partial charge in [0.2, 0.25) is 5.91 Å². The van der Waals surface area contributed by atoms with Crippen molar-refractivity contribution < 1.29 is 10.0 Å². The van der Waals surface area contributed by atoms with Gasteiger partial charge in [-0.05, 0) is 32.6 Å². The second kappa shape index (κ2) is 4.72. The van der Waals surface area contributed by atoms with Gasteiger partial charge in [-0.2, -0.15) is 0 Å². The molecule has 0 aromatic rings. The number of carbonyl (C=O) groups is 1. The molecule has 1 rings (SSSR count). The Hall–Kier alpha value is -1.26. The van der Waals surface area contributed by atoms with Crippen LogP contribution in [-0.2, 0) is 4.79 Å². The highest BCUT2D eigenvalue weighted by Crippen LogP contribution is 2.31. The zero-order valence-corrected chi connectivity index (χ0v) is 10.2. The van der Waals surface area contributed by atoms with Crippen molar-refractivity contribution in [1.29, 1.82) is 0 Å². The Balaban J connectivity index is 2.63. The molecule has 0 bridgehead atoms. The fourth-order valence-electron chi connectivity index (χ4n) is 2.12. The van der Waals surface area contributed by atoms with Crippen LogP contribution in [0.3, 0.4) is 0 Å². The molecule has 1 aliphatic rings. The van der Waals surface area contributed by atoms with Crippen LogP contribution in [-0.4, -0.2) is 22.5 Å². The summed E-state index contributed by atoms with van der Waals surface area (Å²) in [4.78, 5) is 12.0. The summed E-state index contributed by atoms with van der Waals surface area (Å²) in [6, 6.07) is 0. The van der Waals surface area contributed by atoms with E-state index in [0.717, 1.165) is 19.3 Å². The minimum atomic E-state index is -0.797. The maximum atomic E-state index is 12.0. The Labute approximate surface area is 96.1 Å². The predicted molar refractivity (Wildman–Crippen MR) is 62.1 cm³/mol. The third-order valence-corrected chi connectivity index (χ3v) is 3.38. The third-order valence-electron chi connectivity index (χ3n) is 3.38. The van der Waals surface area contributed by atoms with E-state index in [1.54, 1.807) is 13.8 Å². The first-order valence-electron chi connectivity index (χ1n) is 5.68. The number of amides is 1. The van der Waals surface area contributed by atoms with Crippen LogP contribution in [0.5, 0.6) is 0 Å². The number of nitrogens with zero attached hydrogens (tertiary/aromatic N) is 1. The molecular formula is C11H21N3O2. The molecule has 2 atom stereocenters. The molecular weight excluding hydrogens is 206 g/mol. The Morgan fingerprint density at radius 1 is 1.50 bits per heavy atom. The molecule has 0 radical (unpaired) electrons. The third kappa shape index (κ3) is 2.65. The second-order valence-electron chi connectivity index (χ2n) is 5.11. The van der Waals surface area contributed by atoms with E-state index in [4.69, 9.17) is 10.9 Å². The first-order valence-corrected chi connectivity index (χ1v) is 5.68. The maximum absolute atomic E-state index is 12.0. The lowest BCUT2D eigenvalue weighted by atomic mass is 9.95. The van der Waals surface area contributed by atoms with Crippen molar-refractivity contribution in [3.05, 3.63) is 0 Å². The Morgan fingerprint density at radius 2 is 2.12 bits per heavy atom. The van der Waals surface area contributed by atoms with Gasteiger partial charge in [0.05, 0.1) is 5.54 Å². The topological polar surface area (TPSA) is 87.7 Å². The maximum Gasteiger partial charge on any atom is 0.224 e. The Morgan fingerprint density at radius 3 is 2.56 bits per heavy atom. The zero-order valence-electron chi connectivity index (χ0n) is 10.2. The van der Waals surface area contributed by atoms with Crippen molar-refractivity contribution in [3.63, 3.8) is 0 Å². The summed E-state index contributed by atoms with van der Waals surface area (Å²) in [5.41, 5.74) is 4.72. The molecule has 0 spiro atoms. The molecule has 2 unspecified atom stereocenters. The largest absolute Gasteiger partial charge is 0.409 e. The summed E-state index contributed by atoms with van der Waals surface area (Å²) in [6.07, 6.45) is 3.13. The van der Waals surface area contributed by atoms with Crippen LogP contribution in [0.4, 0.5) is 0 Å². The SMILES string of the molecule is CC1CCCC1C(=O)NC(C)(C)C(N)=NO. The van der Waals surface area contributed by atoms with Crippen LogP contribution in [0.1, 0.15) is 40.0 Å². The lowest BCUT2D eigenvalue weighted by Gasteiger charge is -2.27. The van der Waals surface area contributed by atoms with Crippen LogP contribution in [0.2, 0.25) is 0 Å². The van der Waals surface area contributed by atoms with E-state index in [1.165, 1.54) is 0 Å². The van der Waals surface area contributed by atoms with Crippen molar-refractivity contribution >= 4 is 11.7 Å². The summed E-state index contributed by atoms with van der Waals surface area (Å²) < 4.78 is 0. The number of amidine groups is 1. The molecule has 16 heavy (non-hydrogen) atoms. The highest BCUT2D eigenvalue weighted by atomic mass is 16.4. The minimum Gasteiger partial charge on any atom is -0.409 e. The molecule has 1 aliphatic carbocycles. The van der Waals surface area contributed by atoms with E-state index in [2.05, 4.69) is 17.4 Å². The van der Waals surface area contributed by atoms with Gasteiger partial charge in [-0.1, -0.05) is 18.5 Å². The van der Waals surface area contributed by atoms with Crippen molar-refractivity contribution in [1.82, 2.24) is 5.32 Å². The molecule has 0 heterocycles. The second-order valence-corrected chi connectivity index (χ2v) is 5.11. The number of hydrogen-bond acceptors (Lipinski definition) is 3. The lowest BCUT2D eigenvalue weighted by Crippen LogP contribution is -2.54. The number of carbonyl (C=O) groups excluding carboxylic acids is 1. The first-order chi connectivity index (χ1) is 7.38. The van der Waals surface area contributed by atoms with Gasteiger partial charge in [0.25, 0.3) is 0 Å². The van der Waals surface area contributed by atoms with E-state index >= 15 is 0 Å². The monoisotopic (exact) mass is 227 g/mol. The van der Waals surface area contributed by atoms with E-state index in [1.807, 2.05) is 0 Å². The molecule has 1 saturated carbocycles. The van der Waals surface area contributed by atoms with Crippen molar-refractivity contribution in [2.24, 2.45) is 22.7 Å². The molecule has 4 N–H and O–H groups in total. The van der Waals surface area contributed by atoms with Crippen LogP contribution in [0.15, 0.2) is 5.16 Å². The van der Waals surface area contributed by atoms with Crippen LogP contribution in [0, 0.1) is 11.8 Å². The van der Waals surface area contributed by atoms with Crippen LogP contribution >= 0.6 is 0 Å². The quantitative estimate of drug-likeness (QED) is 0.291. The fraction of sp³-hybridized carbons (Fsp3) is 0.818. The van der Waals surface area contributed by atoms with E-state index in [9.17, 15) is 4.79 Å². The van der Waals surface area contributed by atoms with Crippen LogP contribution < -0.4 is 11.1 Å². The number of hydrogen-bond donors (Lipinski definition) is 3. The summed E-state index contributed by atoms with van der Waals surface area (Å²) >= 11 is 0. The molecule has 1 amide bonds. The lowest BCUT2D eigenvalue weighted by molar-refractivity contribution is -0.126. The molecule has 1 fully saturated rings. The minimum absolute atomic E-state index is 0.00148. The van der Waals surface area contributed by atoms with Crippen molar-refractivity contribution in [2.75, 3.05) is 0 Å².